The van der Waals surface area contributed by atoms with Crippen molar-refractivity contribution in [3.8, 4) is 0 Å². The maximum absolute atomic E-state index is 2.48. The maximum Gasteiger partial charge on any atom is 0.0723 e. The average molecular weight is 176 g/mol. The van der Waals surface area contributed by atoms with Crippen LogP contribution in [-0.4, -0.2) is 19.6 Å². The second-order valence-corrected chi connectivity index (χ2v) is 17.7. The molecule has 2 heteroatoms. The molecule has 0 aliphatic heterocycles. The molecule has 0 heterocycles. The van der Waals surface area contributed by atoms with E-state index in [1.54, 1.807) is 0 Å². The minimum Gasteiger partial charge on any atom is -0.116 e. The fourth-order valence-corrected chi connectivity index (χ4v) is 9.06. The Morgan fingerprint density at radius 1 is 1.00 bits per heavy atom. The van der Waals surface area contributed by atoms with Crippen molar-refractivity contribution in [2.75, 3.05) is 6.66 Å². The molecule has 0 saturated carbocycles. The van der Waals surface area contributed by atoms with E-state index in [1.807, 2.05) is 0 Å². The van der Waals surface area contributed by atoms with Gasteiger partial charge in [-0.2, -0.15) is 0 Å². The van der Waals surface area contributed by atoms with Gasteiger partial charge in [0, 0.05) is 0 Å². The van der Waals surface area contributed by atoms with Crippen molar-refractivity contribution < 1.29 is 0 Å². The highest BCUT2D eigenvalue weighted by Gasteiger charge is 2.31. The lowest BCUT2D eigenvalue weighted by Gasteiger charge is -2.37. The van der Waals surface area contributed by atoms with Gasteiger partial charge in [0.2, 0.25) is 0 Å². The number of rotatable bonds is 1. The van der Waals surface area contributed by atoms with Crippen LogP contribution in [0.1, 0.15) is 20.8 Å². The zero-order valence-electron chi connectivity index (χ0n) is 8.45. The zero-order chi connectivity index (χ0) is 8.58. The van der Waals surface area contributed by atoms with E-state index in [0.29, 0.717) is 5.16 Å². The van der Waals surface area contributed by atoms with Crippen molar-refractivity contribution in [3.63, 3.8) is 0 Å². The lowest BCUT2D eigenvalue weighted by Crippen LogP contribution is -2.27. The van der Waals surface area contributed by atoms with E-state index < -0.39 is 7.74 Å². The molecular formula is C8H21PSi. The van der Waals surface area contributed by atoms with Crippen LogP contribution in [0.2, 0.25) is 19.6 Å². The van der Waals surface area contributed by atoms with Gasteiger partial charge in [-0.3, -0.25) is 0 Å². The highest BCUT2D eigenvalue weighted by Crippen LogP contribution is 2.53. The molecule has 0 radical (unpaired) electrons. The lowest BCUT2D eigenvalue weighted by atomic mass is 10.3. The Morgan fingerprint density at radius 2 is 1.30 bits per heavy atom. The predicted octanol–water partition coefficient (Wildman–Crippen LogP) is 3.73. The summed E-state index contributed by atoms with van der Waals surface area (Å²) in [7, 11) is -0.555. The quantitative estimate of drug-likeness (QED) is 0.422. The van der Waals surface area contributed by atoms with Crippen molar-refractivity contribution in [3.05, 3.63) is 0 Å². The fourth-order valence-electron chi connectivity index (χ4n) is 1.01. The van der Waals surface area contributed by atoms with Gasteiger partial charge in [-0.05, 0) is 11.8 Å². The molecule has 1 atom stereocenters. The summed E-state index contributed by atoms with van der Waals surface area (Å²) in [6.45, 7) is 17.0. The third-order valence-electron chi connectivity index (χ3n) is 2.01. The van der Waals surface area contributed by atoms with E-state index >= 15 is 0 Å². The molecule has 0 aromatic rings. The summed E-state index contributed by atoms with van der Waals surface area (Å²) in [6.07, 6.45) is 0. The third-order valence-corrected chi connectivity index (χ3v) is 14.1. The second kappa shape index (κ2) is 2.95. The highest BCUT2D eigenvalue weighted by molar-refractivity contribution is 7.95. The molecule has 0 aliphatic carbocycles. The van der Waals surface area contributed by atoms with Crippen LogP contribution in [0.4, 0.5) is 0 Å². The number of hydrogen-bond donors (Lipinski definition) is 0. The Bertz CT molecular complexity index is 93.4. The van der Waals surface area contributed by atoms with Crippen LogP contribution < -0.4 is 0 Å². The van der Waals surface area contributed by atoms with E-state index in [4.69, 9.17) is 0 Å². The molecule has 0 aromatic carbocycles. The van der Waals surface area contributed by atoms with Gasteiger partial charge in [-0.1, -0.05) is 40.4 Å². The van der Waals surface area contributed by atoms with Gasteiger partial charge in [0.25, 0.3) is 0 Å². The Morgan fingerprint density at radius 3 is 1.30 bits per heavy atom. The first-order valence-corrected chi connectivity index (χ1v) is 10.0. The normalized spacial score (nSPS) is 17.1. The van der Waals surface area contributed by atoms with Crippen LogP contribution in [0.3, 0.4) is 0 Å². The monoisotopic (exact) mass is 176 g/mol. The molecule has 0 saturated heterocycles. The van der Waals surface area contributed by atoms with Crippen molar-refractivity contribution in [2.45, 2.75) is 45.6 Å². The highest BCUT2D eigenvalue weighted by atomic mass is 31.4. The summed E-state index contributed by atoms with van der Waals surface area (Å²) in [4.78, 5) is 0. The van der Waals surface area contributed by atoms with Gasteiger partial charge in [-0.15, -0.1) is 7.47 Å². The minimum absolute atomic E-state index is 0.276. The third kappa shape index (κ3) is 3.16. The van der Waals surface area contributed by atoms with Crippen molar-refractivity contribution in [1.29, 1.82) is 0 Å². The molecule has 0 amide bonds. The van der Waals surface area contributed by atoms with Crippen LogP contribution in [0.15, 0.2) is 0 Å². The standard InChI is InChI=1S/C8H21PSi/c1-8(2,3)9(4)10(5,6)7/h1-7H3. The molecule has 10 heavy (non-hydrogen) atoms. The van der Waals surface area contributed by atoms with E-state index in [-0.39, 0.29) is 7.47 Å². The molecule has 0 bridgehead atoms. The molecule has 0 N–H and O–H groups in total. The van der Waals surface area contributed by atoms with E-state index in [1.165, 1.54) is 0 Å². The smallest absolute Gasteiger partial charge is 0.0723 e. The molecule has 62 valence electrons. The summed E-state index contributed by atoms with van der Waals surface area (Å²) in [5.74, 6) is 0. The van der Waals surface area contributed by atoms with Gasteiger partial charge in [-0.25, -0.2) is 0 Å². The largest absolute Gasteiger partial charge is 0.116 e. The van der Waals surface area contributed by atoms with Crippen molar-refractivity contribution >= 4 is 15.2 Å². The molecule has 0 aromatic heterocycles. The molecule has 0 nitrogen and oxygen atoms in total. The summed E-state index contributed by atoms with van der Waals surface area (Å²) >= 11 is 0. The lowest BCUT2D eigenvalue weighted by molar-refractivity contribution is 0.792. The second-order valence-electron chi connectivity index (χ2n) is 4.90. The summed E-state index contributed by atoms with van der Waals surface area (Å²) in [5.41, 5.74) is 0. The van der Waals surface area contributed by atoms with Crippen LogP contribution in [-0.2, 0) is 0 Å². The molecular weight excluding hydrogens is 155 g/mol. The van der Waals surface area contributed by atoms with Crippen LogP contribution >= 0.6 is 7.47 Å². The first-order valence-electron chi connectivity index (χ1n) is 3.89. The van der Waals surface area contributed by atoms with Crippen molar-refractivity contribution in [1.82, 2.24) is 0 Å². The van der Waals surface area contributed by atoms with Gasteiger partial charge in [0.1, 0.15) is 0 Å². The molecule has 0 aliphatic rings. The summed E-state index contributed by atoms with van der Waals surface area (Å²) in [6, 6.07) is 0. The Hall–Kier alpha value is 0.647. The zero-order valence-corrected chi connectivity index (χ0v) is 10.3. The SMILES string of the molecule is CP(C(C)(C)C)[Si](C)(C)C. The average Bonchev–Trinajstić information content (AvgIpc) is 1.59. The summed E-state index contributed by atoms with van der Waals surface area (Å²) < 4.78 is 0. The minimum atomic E-state index is -0.831. The molecule has 0 fully saturated rings. The molecule has 0 spiro atoms. The van der Waals surface area contributed by atoms with Crippen LogP contribution in [0.5, 0.6) is 0 Å². The Kier molecular flexibility index (Phi) is 3.14. The van der Waals surface area contributed by atoms with Gasteiger partial charge < -0.3 is 0 Å². The first-order chi connectivity index (χ1) is 4.15. The Balaban J connectivity index is 4.23. The fraction of sp³-hybridized carbons (Fsp3) is 1.00. The number of hydrogen-bond acceptors (Lipinski definition) is 0. The molecule has 0 rings (SSSR count). The van der Waals surface area contributed by atoms with E-state index in [0.717, 1.165) is 0 Å². The van der Waals surface area contributed by atoms with Gasteiger partial charge in [0.05, 0.1) is 7.74 Å². The van der Waals surface area contributed by atoms with Gasteiger partial charge >= 0.3 is 0 Å². The van der Waals surface area contributed by atoms with Gasteiger partial charge in [0.15, 0.2) is 0 Å². The van der Waals surface area contributed by atoms with E-state index in [2.05, 4.69) is 47.1 Å². The van der Waals surface area contributed by atoms with E-state index in [9.17, 15) is 0 Å². The summed E-state index contributed by atoms with van der Waals surface area (Å²) in [5, 5.41) is 0.569. The topological polar surface area (TPSA) is 0 Å². The van der Waals surface area contributed by atoms with Crippen LogP contribution in [0, 0.1) is 0 Å². The Labute approximate surface area is 68.0 Å². The van der Waals surface area contributed by atoms with Crippen LogP contribution in [0.25, 0.3) is 0 Å². The maximum atomic E-state index is 2.48. The predicted molar refractivity (Wildman–Crippen MR) is 55.9 cm³/mol. The van der Waals surface area contributed by atoms with Crippen molar-refractivity contribution in [2.24, 2.45) is 0 Å². The molecule has 1 unspecified atom stereocenters. The first kappa shape index (κ1) is 10.6.